The molecule has 1 heterocycles. The third-order valence-electron chi connectivity index (χ3n) is 1.93. The fourth-order valence-corrected chi connectivity index (χ4v) is 1.42. The van der Waals surface area contributed by atoms with E-state index in [2.05, 4.69) is 13.8 Å². The van der Waals surface area contributed by atoms with E-state index in [-0.39, 0.29) is 0 Å². The molecule has 0 aromatic heterocycles. The minimum Gasteiger partial charge on any atom is -0.375 e. The first-order valence-electron chi connectivity index (χ1n) is 3.98. The second kappa shape index (κ2) is 3.21. The fraction of sp³-hybridized carbons (Fsp3) is 1.00. The second-order valence-corrected chi connectivity index (χ2v) is 2.93. The summed E-state index contributed by atoms with van der Waals surface area (Å²) in [6.07, 6.45) is 6.19. The predicted molar refractivity (Wildman–Crippen MR) is 38.5 cm³/mol. The van der Waals surface area contributed by atoms with Crippen LogP contribution in [-0.4, -0.2) is 12.2 Å². The quantitative estimate of drug-likeness (QED) is 0.554. The number of hydrogen-bond donors (Lipinski definition) is 0. The van der Waals surface area contributed by atoms with Crippen LogP contribution in [0.5, 0.6) is 0 Å². The summed E-state index contributed by atoms with van der Waals surface area (Å²) in [6.45, 7) is 4.38. The van der Waals surface area contributed by atoms with Crippen LogP contribution in [0.15, 0.2) is 0 Å². The summed E-state index contributed by atoms with van der Waals surface area (Å²) < 4.78 is 5.60. The Morgan fingerprint density at radius 2 is 2.22 bits per heavy atom. The third kappa shape index (κ3) is 1.98. The Balaban J connectivity index is 2.14. The van der Waals surface area contributed by atoms with E-state index in [1.165, 1.54) is 25.7 Å². The van der Waals surface area contributed by atoms with Crippen molar-refractivity contribution in [2.75, 3.05) is 0 Å². The highest BCUT2D eigenvalue weighted by molar-refractivity contribution is 4.69. The van der Waals surface area contributed by atoms with E-state index in [9.17, 15) is 0 Å². The van der Waals surface area contributed by atoms with Crippen LogP contribution in [0.3, 0.4) is 0 Å². The highest BCUT2D eigenvalue weighted by Crippen LogP contribution is 2.21. The first-order valence-corrected chi connectivity index (χ1v) is 3.98. The molecule has 0 amide bonds. The molecule has 0 radical (unpaired) electrons. The highest BCUT2D eigenvalue weighted by Gasteiger charge is 2.19. The van der Waals surface area contributed by atoms with Gasteiger partial charge >= 0.3 is 0 Å². The lowest BCUT2D eigenvalue weighted by atomic mass is 10.1. The molecule has 1 rings (SSSR count). The van der Waals surface area contributed by atoms with E-state index in [4.69, 9.17) is 4.74 Å². The highest BCUT2D eigenvalue weighted by atomic mass is 16.5. The molecule has 1 unspecified atom stereocenters. The Labute approximate surface area is 57.4 Å². The van der Waals surface area contributed by atoms with E-state index in [1.807, 2.05) is 0 Å². The van der Waals surface area contributed by atoms with E-state index in [0.29, 0.717) is 12.2 Å². The van der Waals surface area contributed by atoms with E-state index in [1.54, 1.807) is 0 Å². The molecule has 1 fully saturated rings. The van der Waals surface area contributed by atoms with Crippen molar-refractivity contribution >= 4 is 0 Å². The molecule has 1 saturated heterocycles. The van der Waals surface area contributed by atoms with Crippen LogP contribution < -0.4 is 0 Å². The van der Waals surface area contributed by atoms with Gasteiger partial charge in [0.05, 0.1) is 12.2 Å². The molecular weight excluding hydrogens is 112 g/mol. The summed E-state index contributed by atoms with van der Waals surface area (Å²) in [6, 6.07) is 0. The largest absolute Gasteiger partial charge is 0.375 e. The first kappa shape index (κ1) is 7.07. The Morgan fingerprint density at radius 3 is 2.67 bits per heavy atom. The normalized spacial score (nSPS) is 35.3. The molecule has 1 aliphatic rings. The molecule has 0 aromatic rings. The molecule has 1 heteroatoms. The van der Waals surface area contributed by atoms with Gasteiger partial charge in [0.1, 0.15) is 0 Å². The van der Waals surface area contributed by atoms with Crippen molar-refractivity contribution in [3.63, 3.8) is 0 Å². The molecule has 0 spiro atoms. The molecule has 0 saturated carbocycles. The van der Waals surface area contributed by atoms with Crippen molar-refractivity contribution in [2.45, 2.75) is 51.7 Å². The molecule has 54 valence electrons. The van der Waals surface area contributed by atoms with Gasteiger partial charge in [0.2, 0.25) is 0 Å². The van der Waals surface area contributed by atoms with Crippen molar-refractivity contribution in [3.05, 3.63) is 0 Å². The number of ether oxygens (including phenoxy) is 1. The fourth-order valence-electron chi connectivity index (χ4n) is 1.42. The van der Waals surface area contributed by atoms with Gasteiger partial charge in [0, 0.05) is 0 Å². The molecule has 0 aromatic carbocycles. The summed E-state index contributed by atoms with van der Waals surface area (Å²) in [5.41, 5.74) is 0. The zero-order valence-electron chi connectivity index (χ0n) is 6.39. The Bertz CT molecular complexity index is 78.6. The van der Waals surface area contributed by atoms with Gasteiger partial charge in [0.25, 0.3) is 0 Å². The van der Waals surface area contributed by atoms with E-state index < -0.39 is 0 Å². The van der Waals surface area contributed by atoms with Crippen molar-refractivity contribution in [1.82, 2.24) is 0 Å². The zero-order chi connectivity index (χ0) is 6.69. The van der Waals surface area contributed by atoms with Crippen LogP contribution in [0.1, 0.15) is 39.5 Å². The molecule has 0 aliphatic carbocycles. The second-order valence-electron chi connectivity index (χ2n) is 2.93. The molecular formula is C8H16O. The van der Waals surface area contributed by atoms with Crippen LogP contribution >= 0.6 is 0 Å². The smallest absolute Gasteiger partial charge is 0.0579 e. The lowest BCUT2D eigenvalue weighted by Gasteiger charge is -2.07. The SMILES string of the molecule is CCCC1CC[C@@H](C)O1. The van der Waals surface area contributed by atoms with Gasteiger partial charge in [-0.05, 0) is 26.2 Å². The van der Waals surface area contributed by atoms with Crippen LogP contribution in [0.4, 0.5) is 0 Å². The van der Waals surface area contributed by atoms with Gasteiger partial charge in [-0.2, -0.15) is 0 Å². The third-order valence-corrected chi connectivity index (χ3v) is 1.93. The van der Waals surface area contributed by atoms with Crippen LogP contribution in [-0.2, 0) is 4.74 Å². The van der Waals surface area contributed by atoms with Gasteiger partial charge in [-0.3, -0.25) is 0 Å². The maximum atomic E-state index is 5.60. The van der Waals surface area contributed by atoms with Crippen LogP contribution in [0.25, 0.3) is 0 Å². The maximum absolute atomic E-state index is 5.60. The molecule has 1 aliphatic heterocycles. The summed E-state index contributed by atoms with van der Waals surface area (Å²) in [4.78, 5) is 0. The summed E-state index contributed by atoms with van der Waals surface area (Å²) in [7, 11) is 0. The lowest BCUT2D eigenvalue weighted by molar-refractivity contribution is 0.0506. The Morgan fingerprint density at radius 1 is 1.44 bits per heavy atom. The predicted octanol–water partition coefficient (Wildman–Crippen LogP) is 2.35. The zero-order valence-corrected chi connectivity index (χ0v) is 6.39. The van der Waals surface area contributed by atoms with E-state index >= 15 is 0 Å². The van der Waals surface area contributed by atoms with Gasteiger partial charge in [0.15, 0.2) is 0 Å². The summed E-state index contributed by atoms with van der Waals surface area (Å²) in [5.74, 6) is 0. The van der Waals surface area contributed by atoms with Gasteiger partial charge < -0.3 is 4.74 Å². The van der Waals surface area contributed by atoms with Crippen molar-refractivity contribution in [3.8, 4) is 0 Å². The topological polar surface area (TPSA) is 9.23 Å². The van der Waals surface area contributed by atoms with Crippen molar-refractivity contribution < 1.29 is 4.74 Å². The minimum absolute atomic E-state index is 0.529. The molecule has 0 bridgehead atoms. The molecule has 0 N–H and O–H groups in total. The average molecular weight is 128 g/mol. The standard InChI is InChI=1S/C8H16O/c1-3-4-8-6-5-7(2)9-8/h7-8H,3-6H2,1-2H3/t7-,8?/m1/s1. The number of rotatable bonds is 2. The van der Waals surface area contributed by atoms with Gasteiger partial charge in [-0.15, -0.1) is 0 Å². The van der Waals surface area contributed by atoms with Gasteiger partial charge in [-0.1, -0.05) is 13.3 Å². The van der Waals surface area contributed by atoms with E-state index in [0.717, 1.165) is 0 Å². The van der Waals surface area contributed by atoms with Crippen molar-refractivity contribution in [1.29, 1.82) is 0 Å². The summed E-state index contributed by atoms with van der Waals surface area (Å²) >= 11 is 0. The minimum atomic E-state index is 0.529. The first-order chi connectivity index (χ1) is 4.33. The Hall–Kier alpha value is -0.0400. The monoisotopic (exact) mass is 128 g/mol. The molecule has 2 atom stereocenters. The van der Waals surface area contributed by atoms with Crippen molar-refractivity contribution in [2.24, 2.45) is 0 Å². The number of hydrogen-bond acceptors (Lipinski definition) is 1. The van der Waals surface area contributed by atoms with Gasteiger partial charge in [-0.25, -0.2) is 0 Å². The Kier molecular flexibility index (Phi) is 2.52. The molecule has 9 heavy (non-hydrogen) atoms. The lowest BCUT2D eigenvalue weighted by Crippen LogP contribution is -2.06. The summed E-state index contributed by atoms with van der Waals surface area (Å²) in [5, 5.41) is 0. The average Bonchev–Trinajstić information content (AvgIpc) is 2.17. The van der Waals surface area contributed by atoms with Crippen LogP contribution in [0, 0.1) is 0 Å². The van der Waals surface area contributed by atoms with Crippen LogP contribution in [0.2, 0.25) is 0 Å². The molecule has 1 nitrogen and oxygen atoms in total. The maximum Gasteiger partial charge on any atom is 0.0579 e.